The quantitative estimate of drug-likeness (QED) is 0.158. The van der Waals surface area contributed by atoms with Crippen LogP contribution in [0.2, 0.25) is 0 Å². The van der Waals surface area contributed by atoms with Crippen LogP contribution in [0.1, 0.15) is 106 Å². The predicted octanol–water partition coefficient (Wildman–Crippen LogP) is 22.0. The third-order valence-corrected chi connectivity index (χ3v) is 17.9. The number of nitrogens with zero attached hydrogens (tertiary/aromatic N) is 4. The maximum Gasteiger partial charge on any atom is 0.0628 e. The fraction of sp³-hybridized carbons (Fsp3) is 0.231. The highest BCUT2D eigenvalue weighted by Crippen LogP contribution is 2.49. The van der Waals surface area contributed by atoms with Gasteiger partial charge in [-0.1, -0.05) is 186 Å². The van der Waals surface area contributed by atoms with Gasteiger partial charge < -0.3 is 18.8 Å². The summed E-state index contributed by atoms with van der Waals surface area (Å²) in [6.45, 7) is 27.6. The molecule has 3 aromatic heterocycles. The van der Waals surface area contributed by atoms with Crippen molar-refractivity contribution in [3.63, 3.8) is 0 Å². The van der Waals surface area contributed by atoms with Crippen molar-refractivity contribution >= 4 is 110 Å². The van der Waals surface area contributed by atoms with Crippen molar-refractivity contribution in [1.29, 1.82) is 0 Å². The van der Waals surface area contributed by atoms with Gasteiger partial charge in [-0.25, -0.2) is 0 Å². The van der Waals surface area contributed by atoms with Gasteiger partial charge in [-0.2, -0.15) is 0 Å². The molecule has 406 valence electrons. The van der Waals surface area contributed by atoms with Crippen molar-refractivity contribution < 1.29 is 0 Å². The Bertz CT molecular complexity index is 4650. The van der Waals surface area contributed by atoms with Gasteiger partial charge in [0.15, 0.2) is 0 Å². The Kier molecular flexibility index (Phi) is 11.6. The molecule has 1 atom stereocenters. The van der Waals surface area contributed by atoms with Crippen molar-refractivity contribution in [3.05, 3.63) is 235 Å². The van der Waals surface area contributed by atoms with E-state index >= 15 is 0 Å². The number of benzene rings is 10. The van der Waals surface area contributed by atoms with E-state index in [0.717, 1.165) is 29.2 Å². The number of fused-ring (bicyclic) bond motifs is 12. The summed E-state index contributed by atoms with van der Waals surface area (Å²) in [5.41, 5.74) is 18.7. The van der Waals surface area contributed by atoms with Crippen LogP contribution in [0.4, 0.5) is 28.4 Å². The van der Waals surface area contributed by atoms with Crippen LogP contribution in [0.3, 0.4) is 0 Å². The first-order valence-electron chi connectivity index (χ1n) is 29.6. The SMILES string of the molecule is CC(C)(C)C1=CCC(N(c2ccc(C(C)(C)C)cc2)c2ccc3cc4c5cc6c(c7ccccc7n6-c6ccccc6)c6c7cc8ccc(N(c9ccc(C(C)(C)C)cc9)c9ccc(C(C)(C)C)cc9)cc8cc7n(c4cc3c2)c56)C=C1. The largest absolute Gasteiger partial charge is 0.334 e. The van der Waals surface area contributed by atoms with Crippen LogP contribution in [-0.2, 0) is 16.2 Å². The molecule has 0 radical (unpaired) electrons. The lowest BCUT2D eigenvalue weighted by atomic mass is 9.82. The van der Waals surface area contributed by atoms with Gasteiger partial charge in [0.1, 0.15) is 0 Å². The van der Waals surface area contributed by atoms with Crippen LogP contribution in [0.25, 0.3) is 87.1 Å². The molecule has 3 heterocycles. The molecular weight excluding hydrogens is 993 g/mol. The lowest BCUT2D eigenvalue weighted by molar-refractivity contribution is 0.510. The zero-order valence-electron chi connectivity index (χ0n) is 49.8. The van der Waals surface area contributed by atoms with E-state index in [-0.39, 0.29) is 27.7 Å². The van der Waals surface area contributed by atoms with E-state index < -0.39 is 0 Å². The minimum Gasteiger partial charge on any atom is -0.334 e. The van der Waals surface area contributed by atoms with E-state index in [9.17, 15) is 0 Å². The van der Waals surface area contributed by atoms with Crippen LogP contribution >= 0.6 is 0 Å². The highest BCUT2D eigenvalue weighted by molar-refractivity contribution is 6.37. The molecule has 0 fully saturated rings. The van der Waals surface area contributed by atoms with Gasteiger partial charge in [0, 0.05) is 66.4 Å². The van der Waals surface area contributed by atoms with Gasteiger partial charge in [0.05, 0.1) is 33.6 Å². The maximum absolute atomic E-state index is 2.61. The highest BCUT2D eigenvalue weighted by atomic mass is 15.2. The first kappa shape index (κ1) is 51.5. The van der Waals surface area contributed by atoms with E-state index in [1.807, 2.05) is 0 Å². The fourth-order valence-electron chi connectivity index (χ4n) is 13.3. The topological polar surface area (TPSA) is 15.8 Å². The van der Waals surface area contributed by atoms with Crippen molar-refractivity contribution in [1.82, 2.24) is 8.97 Å². The van der Waals surface area contributed by atoms with Crippen LogP contribution in [0.15, 0.2) is 218 Å². The minimum atomic E-state index is 0.0453. The molecule has 0 saturated carbocycles. The number of para-hydroxylation sites is 2. The summed E-state index contributed by atoms with van der Waals surface area (Å²) in [6, 6.07) is 74.5. The van der Waals surface area contributed by atoms with Crippen LogP contribution in [0.5, 0.6) is 0 Å². The zero-order valence-corrected chi connectivity index (χ0v) is 49.8. The Hall–Kier alpha value is -8.60. The van der Waals surface area contributed by atoms with E-state index in [4.69, 9.17) is 0 Å². The number of hydrogen-bond acceptors (Lipinski definition) is 2. The van der Waals surface area contributed by atoms with Crippen molar-refractivity contribution in [2.24, 2.45) is 5.41 Å². The lowest BCUT2D eigenvalue weighted by Gasteiger charge is -2.35. The first-order valence-corrected chi connectivity index (χ1v) is 29.6. The molecule has 10 aromatic carbocycles. The molecule has 1 aliphatic rings. The standard InChI is InChI=1S/C78H74N4/c1-75(2,3)53-24-34-58(35-25-53)79(59-36-26-54(27-37-59)76(4,5)6)62-32-22-49-44-65-66-48-71-72(64-20-16-17-21-68(64)81(71)57-18-14-13-15-19-57)73-67-45-50-23-33-63(43-52(50)47-70(67)82(74(66)73)69(65)46-51(49)42-62)80(60-38-28-55(29-39-60)77(7,8)9)61-40-30-56(31-41-61)78(10,11)12/h13-36,38-48,59H,37H2,1-12H3. The Morgan fingerprint density at radius 2 is 0.890 bits per heavy atom. The minimum absolute atomic E-state index is 0.0453. The Morgan fingerprint density at radius 1 is 0.378 bits per heavy atom. The molecule has 4 nitrogen and oxygen atoms in total. The highest BCUT2D eigenvalue weighted by Gasteiger charge is 2.28. The second kappa shape index (κ2) is 18.5. The van der Waals surface area contributed by atoms with Gasteiger partial charge >= 0.3 is 0 Å². The van der Waals surface area contributed by atoms with Gasteiger partial charge in [-0.05, 0) is 181 Å². The lowest BCUT2D eigenvalue weighted by Crippen LogP contribution is -2.31. The molecule has 0 bridgehead atoms. The van der Waals surface area contributed by atoms with Crippen LogP contribution < -0.4 is 9.80 Å². The molecular formula is C78H74N4. The number of rotatable bonds is 7. The van der Waals surface area contributed by atoms with E-state index in [1.165, 1.54) is 115 Å². The zero-order chi connectivity index (χ0) is 56.8. The summed E-state index contributed by atoms with van der Waals surface area (Å²) in [6.07, 6.45) is 8.19. The average Bonchev–Trinajstić information content (AvgIpc) is 2.25. The van der Waals surface area contributed by atoms with E-state index in [1.54, 1.807) is 0 Å². The second-order valence-electron chi connectivity index (χ2n) is 27.5. The van der Waals surface area contributed by atoms with Gasteiger partial charge in [-0.15, -0.1) is 0 Å². The summed E-state index contributed by atoms with van der Waals surface area (Å²) >= 11 is 0. The molecule has 0 amide bonds. The first-order chi connectivity index (χ1) is 39.2. The third kappa shape index (κ3) is 8.47. The Morgan fingerprint density at radius 3 is 1.45 bits per heavy atom. The van der Waals surface area contributed by atoms with E-state index in [2.05, 4.69) is 314 Å². The third-order valence-electron chi connectivity index (χ3n) is 17.9. The molecule has 1 aliphatic carbocycles. The molecule has 13 aromatic rings. The average molecular weight is 1070 g/mol. The molecule has 0 spiro atoms. The monoisotopic (exact) mass is 1070 g/mol. The summed E-state index contributed by atoms with van der Waals surface area (Å²) in [7, 11) is 0. The van der Waals surface area contributed by atoms with Gasteiger partial charge in [0.25, 0.3) is 0 Å². The van der Waals surface area contributed by atoms with Crippen LogP contribution in [-0.4, -0.2) is 15.0 Å². The molecule has 1 unspecified atom stereocenters. The summed E-state index contributed by atoms with van der Waals surface area (Å²) in [5, 5.41) is 12.5. The number of anilines is 5. The maximum atomic E-state index is 2.61. The van der Waals surface area contributed by atoms with Gasteiger partial charge in [0.2, 0.25) is 0 Å². The Labute approximate surface area is 483 Å². The summed E-state index contributed by atoms with van der Waals surface area (Å²) in [4.78, 5) is 5.00. The normalized spacial score (nSPS) is 14.7. The number of allylic oxidation sites excluding steroid dienone is 2. The Balaban J connectivity index is 1.02. The summed E-state index contributed by atoms with van der Waals surface area (Å²) in [5.74, 6) is 0. The molecule has 4 heteroatoms. The molecule has 0 N–H and O–H groups in total. The van der Waals surface area contributed by atoms with Crippen molar-refractivity contribution in [2.75, 3.05) is 9.80 Å². The number of aromatic nitrogens is 2. The van der Waals surface area contributed by atoms with Crippen molar-refractivity contribution in [2.45, 2.75) is 112 Å². The summed E-state index contributed by atoms with van der Waals surface area (Å²) < 4.78 is 5.10. The van der Waals surface area contributed by atoms with Gasteiger partial charge in [-0.3, -0.25) is 0 Å². The number of hydrogen-bond donors (Lipinski definition) is 0. The second-order valence-corrected chi connectivity index (χ2v) is 27.5. The van der Waals surface area contributed by atoms with Crippen LogP contribution in [0, 0.1) is 5.41 Å². The smallest absolute Gasteiger partial charge is 0.0628 e. The predicted molar refractivity (Wildman–Crippen MR) is 355 cm³/mol. The fourth-order valence-corrected chi connectivity index (χ4v) is 13.3. The van der Waals surface area contributed by atoms with Crippen molar-refractivity contribution in [3.8, 4) is 5.69 Å². The van der Waals surface area contributed by atoms with E-state index in [0.29, 0.717) is 0 Å². The molecule has 82 heavy (non-hydrogen) atoms. The molecule has 0 aliphatic heterocycles. The molecule has 0 saturated heterocycles. The molecule has 14 rings (SSSR count).